The minimum Gasteiger partial charge on any atom is -0.464 e. The Labute approximate surface area is 98.2 Å². The van der Waals surface area contributed by atoms with Gasteiger partial charge in [0.05, 0.1) is 13.2 Å². The van der Waals surface area contributed by atoms with Gasteiger partial charge in [-0.25, -0.2) is 0 Å². The molecule has 0 atom stereocenters. The molecule has 1 aliphatic heterocycles. The lowest BCUT2D eigenvalue weighted by Crippen LogP contribution is -2.48. The molecule has 1 aromatic rings. The van der Waals surface area contributed by atoms with E-state index in [1.54, 1.807) is 4.90 Å². The molecule has 92 valence electrons. The number of amides is 1. The second kappa shape index (κ2) is 4.81. The Bertz CT molecular complexity index is 424. The van der Waals surface area contributed by atoms with Crippen LogP contribution in [0, 0.1) is 0 Å². The molecule has 0 unspecified atom stereocenters. The molecule has 1 aromatic heterocycles. The molecular formula is C9H14N6O2. The Morgan fingerprint density at radius 2 is 2.29 bits per heavy atom. The topological polar surface area (TPSA) is 106 Å². The SMILES string of the molecule is CCOc1nc(N)nc(N2CCNC(=O)C2)n1. The Kier molecular flexibility index (Phi) is 3.22. The van der Waals surface area contributed by atoms with E-state index in [0.717, 1.165) is 0 Å². The normalized spacial score (nSPS) is 15.6. The molecule has 0 saturated carbocycles. The number of hydrogen-bond donors (Lipinski definition) is 2. The summed E-state index contributed by atoms with van der Waals surface area (Å²) in [5.41, 5.74) is 5.56. The average molecular weight is 238 g/mol. The maximum absolute atomic E-state index is 11.3. The quantitative estimate of drug-likeness (QED) is 0.680. The lowest BCUT2D eigenvalue weighted by atomic mass is 10.4. The summed E-state index contributed by atoms with van der Waals surface area (Å²) in [4.78, 5) is 24.9. The van der Waals surface area contributed by atoms with Gasteiger partial charge in [0.15, 0.2) is 0 Å². The van der Waals surface area contributed by atoms with Crippen LogP contribution in [0.4, 0.5) is 11.9 Å². The fraction of sp³-hybridized carbons (Fsp3) is 0.556. The van der Waals surface area contributed by atoms with Crippen molar-refractivity contribution in [1.82, 2.24) is 20.3 Å². The summed E-state index contributed by atoms with van der Waals surface area (Å²) >= 11 is 0. The standard InChI is InChI=1S/C9H14N6O2/c1-2-17-9-13-7(10)12-8(14-9)15-4-3-11-6(16)5-15/h2-5H2,1H3,(H,11,16)(H2,10,12,13,14). The molecule has 3 N–H and O–H groups in total. The first-order valence-electron chi connectivity index (χ1n) is 5.35. The predicted molar refractivity (Wildman–Crippen MR) is 60.6 cm³/mol. The monoisotopic (exact) mass is 238 g/mol. The minimum atomic E-state index is -0.0619. The highest BCUT2D eigenvalue weighted by Crippen LogP contribution is 2.13. The summed E-state index contributed by atoms with van der Waals surface area (Å²) < 4.78 is 5.18. The molecule has 0 radical (unpaired) electrons. The van der Waals surface area contributed by atoms with Crippen LogP contribution in [-0.2, 0) is 4.79 Å². The van der Waals surface area contributed by atoms with Gasteiger partial charge in [0.2, 0.25) is 17.8 Å². The molecule has 2 rings (SSSR count). The van der Waals surface area contributed by atoms with Crippen molar-refractivity contribution in [2.24, 2.45) is 0 Å². The smallest absolute Gasteiger partial charge is 0.323 e. The molecule has 2 heterocycles. The zero-order valence-corrected chi connectivity index (χ0v) is 9.51. The number of rotatable bonds is 3. The number of aromatic nitrogens is 3. The molecule has 1 saturated heterocycles. The average Bonchev–Trinajstić information content (AvgIpc) is 2.28. The molecule has 0 spiro atoms. The van der Waals surface area contributed by atoms with E-state index in [1.165, 1.54) is 0 Å². The number of nitrogens with zero attached hydrogens (tertiary/aromatic N) is 4. The van der Waals surface area contributed by atoms with E-state index in [2.05, 4.69) is 20.3 Å². The lowest BCUT2D eigenvalue weighted by Gasteiger charge is -2.26. The maximum atomic E-state index is 11.3. The molecule has 0 aromatic carbocycles. The van der Waals surface area contributed by atoms with Crippen LogP contribution in [-0.4, -0.2) is 47.1 Å². The lowest BCUT2D eigenvalue weighted by molar-refractivity contribution is -0.120. The van der Waals surface area contributed by atoms with Crippen LogP contribution in [0.2, 0.25) is 0 Å². The maximum Gasteiger partial charge on any atom is 0.323 e. The van der Waals surface area contributed by atoms with Crippen LogP contribution < -0.4 is 20.7 Å². The number of ether oxygens (including phenoxy) is 1. The third kappa shape index (κ3) is 2.71. The van der Waals surface area contributed by atoms with Gasteiger partial charge in [-0.05, 0) is 6.92 Å². The fourth-order valence-electron chi connectivity index (χ4n) is 1.51. The van der Waals surface area contributed by atoms with Gasteiger partial charge in [0, 0.05) is 13.1 Å². The summed E-state index contributed by atoms with van der Waals surface area (Å²) in [6.07, 6.45) is 0. The molecule has 8 nitrogen and oxygen atoms in total. The van der Waals surface area contributed by atoms with Gasteiger partial charge in [0.1, 0.15) is 0 Å². The van der Waals surface area contributed by atoms with E-state index in [9.17, 15) is 4.79 Å². The molecule has 8 heteroatoms. The van der Waals surface area contributed by atoms with Crippen LogP contribution in [0.5, 0.6) is 6.01 Å². The zero-order chi connectivity index (χ0) is 12.3. The fourth-order valence-corrected chi connectivity index (χ4v) is 1.51. The zero-order valence-electron chi connectivity index (χ0n) is 9.51. The second-order valence-corrected chi connectivity index (χ2v) is 3.48. The van der Waals surface area contributed by atoms with Crippen molar-refractivity contribution in [3.63, 3.8) is 0 Å². The number of hydrogen-bond acceptors (Lipinski definition) is 7. The predicted octanol–water partition coefficient (Wildman–Crippen LogP) is -1.21. The van der Waals surface area contributed by atoms with Crippen LogP contribution >= 0.6 is 0 Å². The van der Waals surface area contributed by atoms with E-state index in [0.29, 0.717) is 25.6 Å². The molecule has 0 bridgehead atoms. The van der Waals surface area contributed by atoms with Crippen molar-refractivity contribution in [3.05, 3.63) is 0 Å². The van der Waals surface area contributed by atoms with Gasteiger partial charge >= 0.3 is 6.01 Å². The van der Waals surface area contributed by atoms with E-state index < -0.39 is 0 Å². The van der Waals surface area contributed by atoms with Crippen molar-refractivity contribution in [1.29, 1.82) is 0 Å². The summed E-state index contributed by atoms with van der Waals surface area (Å²) in [6.45, 7) is 3.70. The van der Waals surface area contributed by atoms with Crippen LogP contribution in [0.1, 0.15) is 6.92 Å². The van der Waals surface area contributed by atoms with E-state index >= 15 is 0 Å². The number of piperazine rings is 1. The largest absolute Gasteiger partial charge is 0.464 e. The summed E-state index contributed by atoms with van der Waals surface area (Å²) in [5.74, 6) is 0.397. The first-order chi connectivity index (χ1) is 8.19. The summed E-state index contributed by atoms with van der Waals surface area (Å²) in [6, 6.07) is 0.181. The number of anilines is 2. The number of carbonyl (C=O) groups excluding carboxylic acids is 1. The van der Waals surface area contributed by atoms with Gasteiger partial charge in [-0.1, -0.05) is 0 Å². The molecule has 1 aliphatic rings. The number of nitrogens with two attached hydrogens (primary N) is 1. The molecule has 1 fully saturated rings. The Balaban J connectivity index is 2.21. The van der Waals surface area contributed by atoms with Crippen LogP contribution in [0.3, 0.4) is 0 Å². The van der Waals surface area contributed by atoms with Gasteiger partial charge in [-0.15, -0.1) is 0 Å². The van der Waals surface area contributed by atoms with Crippen LogP contribution in [0.15, 0.2) is 0 Å². The number of nitrogen functional groups attached to an aromatic ring is 1. The molecule has 1 amide bonds. The Morgan fingerprint density at radius 3 is 3.00 bits per heavy atom. The number of carbonyl (C=O) groups is 1. The summed E-state index contributed by atoms with van der Waals surface area (Å²) in [7, 11) is 0. The van der Waals surface area contributed by atoms with E-state index in [-0.39, 0.29) is 24.4 Å². The highest BCUT2D eigenvalue weighted by atomic mass is 16.5. The number of nitrogens with one attached hydrogen (secondary N) is 1. The Hall–Kier alpha value is -2.12. The molecule has 0 aliphatic carbocycles. The minimum absolute atomic E-state index is 0.0619. The molecule has 17 heavy (non-hydrogen) atoms. The third-order valence-electron chi connectivity index (χ3n) is 2.22. The highest BCUT2D eigenvalue weighted by molar-refractivity contribution is 5.81. The first kappa shape index (κ1) is 11.4. The van der Waals surface area contributed by atoms with Crippen molar-refractivity contribution in [2.45, 2.75) is 6.92 Å². The van der Waals surface area contributed by atoms with Crippen molar-refractivity contribution < 1.29 is 9.53 Å². The van der Waals surface area contributed by atoms with E-state index in [4.69, 9.17) is 10.5 Å². The van der Waals surface area contributed by atoms with Crippen LogP contribution in [0.25, 0.3) is 0 Å². The van der Waals surface area contributed by atoms with Gasteiger partial charge in [0.25, 0.3) is 0 Å². The highest BCUT2D eigenvalue weighted by Gasteiger charge is 2.20. The summed E-state index contributed by atoms with van der Waals surface area (Å²) in [5, 5.41) is 2.72. The van der Waals surface area contributed by atoms with Crippen molar-refractivity contribution in [3.8, 4) is 6.01 Å². The molecular weight excluding hydrogens is 224 g/mol. The van der Waals surface area contributed by atoms with Gasteiger partial charge < -0.3 is 20.7 Å². The Morgan fingerprint density at radius 1 is 1.47 bits per heavy atom. The first-order valence-corrected chi connectivity index (χ1v) is 5.35. The second-order valence-electron chi connectivity index (χ2n) is 3.48. The van der Waals surface area contributed by atoms with Crippen molar-refractivity contribution in [2.75, 3.05) is 36.9 Å². The van der Waals surface area contributed by atoms with Gasteiger partial charge in [-0.2, -0.15) is 15.0 Å². The van der Waals surface area contributed by atoms with E-state index in [1.807, 2.05) is 6.92 Å². The van der Waals surface area contributed by atoms with Gasteiger partial charge in [-0.3, -0.25) is 4.79 Å². The van der Waals surface area contributed by atoms with Crippen molar-refractivity contribution >= 4 is 17.8 Å². The third-order valence-corrected chi connectivity index (χ3v) is 2.22.